The van der Waals surface area contributed by atoms with E-state index in [0.717, 1.165) is 16.8 Å². The molecule has 0 saturated heterocycles. The van der Waals surface area contributed by atoms with Crippen LogP contribution in [0, 0.1) is 0 Å². The smallest absolute Gasteiger partial charge is 0.128 e. The van der Waals surface area contributed by atoms with Crippen molar-refractivity contribution < 1.29 is 4.52 Å². The second kappa shape index (κ2) is 4.03. The molecule has 2 nitrogen and oxygen atoms in total. The zero-order valence-corrected chi connectivity index (χ0v) is 8.72. The molecule has 0 atom stereocenters. The molecular weight excluding hydrogens is 221 g/mol. The van der Waals surface area contributed by atoms with Crippen LogP contribution >= 0.6 is 23.2 Å². The summed E-state index contributed by atoms with van der Waals surface area (Å²) < 4.78 is 4.85. The normalized spacial score (nSPS) is 10.4. The molecule has 0 N–H and O–H groups in total. The van der Waals surface area contributed by atoms with Gasteiger partial charge >= 0.3 is 0 Å². The third-order valence-corrected chi connectivity index (χ3v) is 2.44. The van der Waals surface area contributed by atoms with Crippen LogP contribution in [0.1, 0.15) is 5.56 Å². The van der Waals surface area contributed by atoms with Gasteiger partial charge in [-0.05, 0) is 12.1 Å². The first-order valence-electron chi connectivity index (χ1n) is 4.06. The fourth-order valence-electron chi connectivity index (χ4n) is 1.20. The Kier molecular flexibility index (Phi) is 2.75. The lowest BCUT2D eigenvalue weighted by Crippen LogP contribution is -1.82. The first-order valence-corrected chi connectivity index (χ1v) is 4.97. The lowest BCUT2D eigenvalue weighted by atomic mass is 10.1. The summed E-state index contributed by atoms with van der Waals surface area (Å²) in [7, 11) is 0. The summed E-state index contributed by atoms with van der Waals surface area (Å²) >= 11 is 11.5. The highest BCUT2D eigenvalue weighted by atomic mass is 35.5. The average Bonchev–Trinajstić information content (AvgIpc) is 2.67. The van der Waals surface area contributed by atoms with Gasteiger partial charge < -0.3 is 4.52 Å². The Hall–Kier alpha value is -0.990. The number of aromatic nitrogens is 1. The Morgan fingerprint density at radius 1 is 1.21 bits per heavy atom. The molecule has 1 heterocycles. The zero-order chi connectivity index (χ0) is 9.97. The number of hydrogen-bond donors (Lipinski definition) is 0. The van der Waals surface area contributed by atoms with Crippen molar-refractivity contribution >= 4 is 23.2 Å². The van der Waals surface area contributed by atoms with Crippen molar-refractivity contribution in [2.45, 2.75) is 5.88 Å². The Morgan fingerprint density at radius 3 is 2.57 bits per heavy atom. The Labute approximate surface area is 91.4 Å². The van der Waals surface area contributed by atoms with Crippen molar-refractivity contribution in [3.63, 3.8) is 0 Å². The average molecular weight is 228 g/mol. The van der Waals surface area contributed by atoms with Crippen LogP contribution in [0.15, 0.2) is 35.1 Å². The highest BCUT2D eigenvalue weighted by molar-refractivity contribution is 6.30. The largest absolute Gasteiger partial charge is 0.364 e. The topological polar surface area (TPSA) is 26.0 Å². The van der Waals surface area contributed by atoms with E-state index in [1.165, 1.54) is 0 Å². The van der Waals surface area contributed by atoms with Gasteiger partial charge in [-0.1, -0.05) is 28.9 Å². The van der Waals surface area contributed by atoms with Gasteiger partial charge in [0.2, 0.25) is 0 Å². The van der Waals surface area contributed by atoms with Gasteiger partial charge in [0.05, 0.1) is 5.88 Å². The van der Waals surface area contributed by atoms with Gasteiger partial charge in [0.15, 0.2) is 0 Å². The van der Waals surface area contributed by atoms with Crippen LogP contribution in [-0.4, -0.2) is 5.16 Å². The Balaban J connectivity index is 2.44. The van der Waals surface area contributed by atoms with Gasteiger partial charge in [-0.15, -0.1) is 11.6 Å². The summed E-state index contributed by atoms with van der Waals surface area (Å²) in [6.07, 6.45) is 1.55. The molecule has 0 radical (unpaired) electrons. The van der Waals surface area contributed by atoms with Crippen molar-refractivity contribution in [3.8, 4) is 11.3 Å². The number of rotatable bonds is 2. The minimum absolute atomic E-state index is 0.390. The van der Waals surface area contributed by atoms with E-state index in [4.69, 9.17) is 27.7 Å². The second-order valence-electron chi connectivity index (χ2n) is 2.83. The van der Waals surface area contributed by atoms with Crippen LogP contribution in [0.25, 0.3) is 11.3 Å². The summed E-state index contributed by atoms with van der Waals surface area (Å²) in [4.78, 5) is 0. The van der Waals surface area contributed by atoms with Crippen LogP contribution in [-0.2, 0) is 5.88 Å². The molecule has 0 fully saturated rings. The van der Waals surface area contributed by atoms with Crippen LogP contribution in [0.4, 0.5) is 0 Å². The molecule has 14 heavy (non-hydrogen) atoms. The van der Waals surface area contributed by atoms with Gasteiger partial charge in [0.1, 0.15) is 12.0 Å². The van der Waals surface area contributed by atoms with Crippen LogP contribution in [0.2, 0.25) is 5.02 Å². The van der Waals surface area contributed by atoms with E-state index in [-0.39, 0.29) is 0 Å². The highest BCUT2D eigenvalue weighted by Crippen LogP contribution is 2.24. The van der Waals surface area contributed by atoms with Crippen LogP contribution in [0.5, 0.6) is 0 Å². The van der Waals surface area contributed by atoms with E-state index in [9.17, 15) is 0 Å². The van der Waals surface area contributed by atoms with E-state index in [1.54, 1.807) is 6.26 Å². The minimum atomic E-state index is 0.390. The lowest BCUT2D eigenvalue weighted by Gasteiger charge is -1.97. The first kappa shape index (κ1) is 9.56. The molecule has 0 aliphatic rings. The Bertz CT molecular complexity index is 422. The summed E-state index contributed by atoms with van der Waals surface area (Å²) in [6, 6.07) is 7.39. The number of nitrogens with zero attached hydrogens (tertiary/aromatic N) is 1. The number of halogens is 2. The SMILES string of the molecule is ClCc1conc1-c1ccc(Cl)cc1. The molecule has 0 aliphatic carbocycles. The second-order valence-corrected chi connectivity index (χ2v) is 3.53. The molecule has 0 spiro atoms. The predicted octanol–water partition coefficient (Wildman–Crippen LogP) is 3.73. The van der Waals surface area contributed by atoms with Crippen LogP contribution < -0.4 is 0 Å². The maximum Gasteiger partial charge on any atom is 0.128 e. The van der Waals surface area contributed by atoms with Gasteiger partial charge in [-0.25, -0.2) is 0 Å². The Morgan fingerprint density at radius 2 is 1.93 bits per heavy atom. The molecule has 0 aliphatic heterocycles. The predicted molar refractivity (Wildman–Crippen MR) is 56.5 cm³/mol. The number of alkyl halides is 1. The van der Waals surface area contributed by atoms with E-state index in [0.29, 0.717) is 10.9 Å². The standard InChI is InChI=1S/C10H7Cl2NO/c11-5-8-6-14-13-10(8)7-1-3-9(12)4-2-7/h1-4,6H,5H2. The van der Waals surface area contributed by atoms with Gasteiger partial charge in [-0.2, -0.15) is 0 Å². The quantitative estimate of drug-likeness (QED) is 0.732. The summed E-state index contributed by atoms with van der Waals surface area (Å²) in [5.41, 5.74) is 2.62. The summed E-state index contributed by atoms with van der Waals surface area (Å²) in [6.45, 7) is 0. The maximum atomic E-state index is 5.78. The molecule has 0 bridgehead atoms. The monoisotopic (exact) mass is 227 g/mol. The fraction of sp³-hybridized carbons (Fsp3) is 0.100. The molecule has 2 rings (SSSR count). The highest BCUT2D eigenvalue weighted by Gasteiger charge is 2.08. The van der Waals surface area contributed by atoms with Crippen molar-refractivity contribution in [1.29, 1.82) is 0 Å². The van der Waals surface area contributed by atoms with Gasteiger partial charge in [-0.3, -0.25) is 0 Å². The molecule has 0 unspecified atom stereocenters. The van der Waals surface area contributed by atoms with E-state index in [2.05, 4.69) is 5.16 Å². The van der Waals surface area contributed by atoms with E-state index >= 15 is 0 Å². The minimum Gasteiger partial charge on any atom is -0.364 e. The first-order chi connectivity index (χ1) is 6.81. The molecule has 4 heteroatoms. The number of benzene rings is 1. The van der Waals surface area contributed by atoms with Crippen molar-refractivity contribution in [2.24, 2.45) is 0 Å². The molecule has 0 amide bonds. The van der Waals surface area contributed by atoms with Crippen LogP contribution in [0.3, 0.4) is 0 Å². The molecular formula is C10H7Cl2NO. The molecule has 1 aromatic heterocycles. The van der Waals surface area contributed by atoms with Crippen molar-refractivity contribution in [3.05, 3.63) is 41.1 Å². The molecule has 0 saturated carbocycles. The molecule has 2 aromatic rings. The van der Waals surface area contributed by atoms with E-state index < -0.39 is 0 Å². The van der Waals surface area contributed by atoms with Crippen molar-refractivity contribution in [1.82, 2.24) is 5.16 Å². The molecule has 72 valence electrons. The molecule has 1 aromatic carbocycles. The third-order valence-electron chi connectivity index (χ3n) is 1.90. The maximum absolute atomic E-state index is 5.78. The zero-order valence-electron chi connectivity index (χ0n) is 7.21. The summed E-state index contributed by atoms with van der Waals surface area (Å²) in [5, 5.41) is 4.58. The summed E-state index contributed by atoms with van der Waals surface area (Å²) in [5.74, 6) is 0.390. The third kappa shape index (κ3) is 1.76. The van der Waals surface area contributed by atoms with Gasteiger partial charge in [0.25, 0.3) is 0 Å². The van der Waals surface area contributed by atoms with Gasteiger partial charge in [0, 0.05) is 16.1 Å². The number of hydrogen-bond acceptors (Lipinski definition) is 2. The lowest BCUT2D eigenvalue weighted by molar-refractivity contribution is 0.421. The fourth-order valence-corrected chi connectivity index (χ4v) is 1.51. The van der Waals surface area contributed by atoms with E-state index in [1.807, 2.05) is 24.3 Å². The van der Waals surface area contributed by atoms with Crippen molar-refractivity contribution in [2.75, 3.05) is 0 Å².